The highest BCUT2D eigenvalue weighted by molar-refractivity contribution is 6.32. The fourth-order valence-electron chi connectivity index (χ4n) is 4.76. The predicted molar refractivity (Wildman–Crippen MR) is 116 cm³/mol. The lowest BCUT2D eigenvalue weighted by molar-refractivity contribution is 0.230. The third kappa shape index (κ3) is 3.62. The minimum Gasteiger partial charge on any atom is -0.492 e. The number of hydrogen-bond acceptors (Lipinski definition) is 4. The first-order valence-corrected chi connectivity index (χ1v) is 11.1. The molecule has 5 rings (SSSR count). The molecule has 1 aliphatic carbocycles. The van der Waals surface area contributed by atoms with E-state index in [1.54, 1.807) is 6.20 Å². The molecule has 0 radical (unpaired) electrons. The van der Waals surface area contributed by atoms with E-state index in [9.17, 15) is 0 Å². The largest absolute Gasteiger partial charge is 0.492 e. The van der Waals surface area contributed by atoms with Crippen LogP contribution in [0.2, 0.25) is 5.02 Å². The van der Waals surface area contributed by atoms with Crippen molar-refractivity contribution in [2.45, 2.75) is 51.5 Å². The van der Waals surface area contributed by atoms with Crippen LogP contribution >= 0.6 is 11.6 Å². The molecule has 5 nitrogen and oxygen atoms in total. The van der Waals surface area contributed by atoms with Crippen molar-refractivity contribution in [3.05, 3.63) is 46.7 Å². The van der Waals surface area contributed by atoms with E-state index >= 15 is 0 Å². The lowest BCUT2D eigenvalue weighted by atomic mass is 10.0. The van der Waals surface area contributed by atoms with E-state index in [0.717, 1.165) is 54.9 Å². The summed E-state index contributed by atoms with van der Waals surface area (Å²) in [5, 5.41) is 5.16. The summed E-state index contributed by atoms with van der Waals surface area (Å²) in [5.41, 5.74) is 5.57. The molecule has 1 atom stereocenters. The minimum atomic E-state index is 0.654. The van der Waals surface area contributed by atoms with Crippen molar-refractivity contribution in [2.24, 2.45) is 0 Å². The molecular formula is C23H27ClN4O. The summed E-state index contributed by atoms with van der Waals surface area (Å²) in [6.07, 6.45) is 8.68. The molecule has 3 heterocycles. The van der Waals surface area contributed by atoms with Crippen LogP contribution in [0.25, 0.3) is 16.9 Å². The Kier molecular flexibility index (Phi) is 5.18. The second-order valence-electron chi connectivity index (χ2n) is 8.21. The molecule has 1 aromatic carbocycles. The van der Waals surface area contributed by atoms with Crippen molar-refractivity contribution in [3.63, 3.8) is 0 Å². The fourth-order valence-corrected chi connectivity index (χ4v) is 5.00. The molecule has 29 heavy (non-hydrogen) atoms. The monoisotopic (exact) mass is 410 g/mol. The lowest BCUT2D eigenvalue weighted by Crippen LogP contribution is -2.28. The highest BCUT2D eigenvalue weighted by Crippen LogP contribution is 2.35. The molecule has 0 saturated carbocycles. The van der Waals surface area contributed by atoms with Gasteiger partial charge in [-0.2, -0.15) is 5.10 Å². The maximum atomic E-state index is 6.60. The van der Waals surface area contributed by atoms with Crippen LogP contribution in [0.15, 0.2) is 30.5 Å². The molecule has 3 aromatic rings. The van der Waals surface area contributed by atoms with Crippen molar-refractivity contribution < 1.29 is 4.74 Å². The molecule has 1 saturated heterocycles. The Hall–Kier alpha value is -2.11. The van der Waals surface area contributed by atoms with E-state index in [4.69, 9.17) is 21.3 Å². The number of halogens is 1. The molecule has 2 aromatic heterocycles. The second kappa shape index (κ2) is 7.96. The van der Waals surface area contributed by atoms with Crippen LogP contribution in [0.3, 0.4) is 0 Å². The van der Waals surface area contributed by atoms with E-state index in [-0.39, 0.29) is 0 Å². The number of benzene rings is 1. The Labute approximate surface area is 176 Å². The van der Waals surface area contributed by atoms with E-state index in [1.165, 1.54) is 30.6 Å². The third-order valence-electron chi connectivity index (χ3n) is 6.30. The zero-order valence-corrected chi connectivity index (χ0v) is 17.7. The van der Waals surface area contributed by atoms with Crippen LogP contribution in [-0.4, -0.2) is 45.2 Å². The Morgan fingerprint density at radius 3 is 2.97 bits per heavy atom. The summed E-state index contributed by atoms with van der Waals surface area (Å²) in [6, 6.07) is 8.77. The van der Waals surface area contributed by atoms with Crippen LogP contribution < -0.4 is 4.74 Å². The third-order valence-corrected chi connectivity index (χ3v) is 6.60. The van der Waals surface area contributed by atoms with Gasteiger partial charge >= 0.3 is 0 Å². The van der Waals surface area contributed by atoms with Gasteiger partial charge in [0.2, 0.25) is 0 Å². The molecule has 0 bridgehead atoms. The molecule has 1 aliphatic heterocycles. The van der Waals surface area contributed by atoms with Gasteiger partial charge in [-0.1, -0.05) is 11.6 Å². The highest BCUT2D eigenvalue weighted by atomic mass is 35.5. The Morgan fingerprint density at radius 1 is 1.21 bits per heavy atom. The summed E-state index contributed by atoms with van der Waals surface area (Å²) in [5.74, 6) is 0.757. The van der Waals surface area contributed by atoms with Gasteiger partial charge in [0.1, 0.15) is 5.75 Å². The molecule has 1 fully saturated rings. The second-order valence-corrected chi connectivity index (χ2v) is 8.62. The molecule has 0 amide bonds. The van der Waals surface area contributed by atoms with Crippen LogP contribution in [0, 0.1) is 0 Å². The van der Waals surface area contributed by atoms with Gasteiger partial charge < -0.3 is 9.64 Å². The molecule has 0 N–H and O–H groups in total. The summed E-state index contributed by atoms with van der Waals surface area (Å²) in [7, 11) is 0. The van der Waals surface area contributed by atoms with Crippen LogP contribution in [0.1, 0.15) is 43.9 Å². The molecule has 152 valence electrons. The normalized spacial score (nSPS) is 19.2. The average molecular weight is 411 g/mol. The van der Waals surface area contributed by atoms with Crippen molar-refractivity contribution >= 4 is 17.2 Å². The Bertz CT molecular complexity index is 1030. The first-order valence-electron chi connectivity index (χ1n) is 10.7. The van der Waals surface area contributed by atoms with Crippen molar-refractivity contribution in [1.29, 1.82) is 0 Å². The van der Waals surface area contributed by atoms with Gasteiger partial charge in [-0.15, -0.1) is 0 Å². The smallest absolute Gasteiger partial charge is 0.155 e. The maximum Gasteiger partial charge on any atom is 0.155 e. The van der Waals surface area contributed by atoms with Gasteiger partial charge in [0.15, 0.2) is 5.65 Å². The standard InChI is InChI=1S/C23H27ClN4O/c1-16-5-3-12-27(16)13-4-14-29-21-9-8-17(15-19(21)24)23-18-6-2-7-20(18)26-22-10-11-25-28(22)23/h8-11,15-16H,2-7,12-14H2,1H3. The number of ether oxygens (including phenoxy) is 1. The zero-order chi connectivity index (χ0) is 19.8. The van der Waals surface area contributed by atoms with E-state index in [2.05, 4.69) is 23.0 Å². The first-order chi connectivity index (χ1) is 14.2. The summed E-state index contributed by atoms with van der Waals surface area (Å²) in [4.78, 5) is 7.32. The van der Waals surface area contributed by atoms with Gasteiger partial charge in [0, 0.05) is 35.5 Å². The number of aromatic nitrogens is 3. The van der Waals surface area contributed by atoms with Gasteiger partial charge in [-0.05, 0) is 70.2 Å². The number of hydrogen-bond donors (Lipinski definition) is 0. The molecule has 6 heteroatoms. The number of nitrogens with zero attached hydrogens (tertiary/aromatic N) is 4. The number of likely N-dealkylation sites (tertiary alicyclic amines) is 1. The van der Waals surface area contributed by atoms with Gasteiger partial charge in [-0.3, -0.25) is 0 Å². The number of rotatable bonds is 6. The zero-order valence-electron chi connectivity index (χ0n) is 16.9. The predicted octanol–water partition coefficient (Wildman–Crippen LogP) is 4.79. The van der Waals surface area contributed by atoms with Crippen molar-refractivity contribution in [2.75, 3.05) is 19.7 Å². The van der Waals surface area contributed by atoms with E-state index in [0.29, 0.717) is 17.7 Å². The maximum absolute atomic E-state index is 6.60. The van der Waals surface area contributed by atoms with Gasteiger partial charge in [0.05, 0.1) is 23.5 Å². The summed E-state index contributed by atoms with van der Waals surface area (Å²) >= 11 is 6.60. The summed E-state index contributed by atoms with van der Waals surface area (Å²) < 4.78 is 7.93. The molecular weight excluding hydrogens is 384 g/mol. The van der Waals surface area contributed by atoms with E-state index in [1.807, 2.05) is 22.7 Å². The van der Waals surface area contributed by atoms with E-state index < -0.39 is 0 Å². The minimum absolute atomic E-state index is 0.654. The number of aryl methyl sites for hydroxylation is 1. The Balaban J connectivity index is 1.33. The highest BCUT2D eigenvalue weighted by Gasteiger charge is 2.22. The Morgan fingerprint density at radius 2 is 2.14 bits per heavy atom. The quantitative estimate of drug-likeness (QED) is 0.548. The average Bonchev–Trinajstić information content (AvgIpc) is 3.45. The molecule has 0 spiro atoms. The van der Waals surface area contributed by atoms with Crippen LogP contribution in [0.4, 0.5) is 0 Å². The van der Waals surface area contributed by atoms with Crippen molar-refractivity contribution in [3.8, 4) is 17.0 Å². The lowest BCUT2D eigenvalue weighted by Gasteiger charge is -2.20. The SMILES string of the molecule is CC1CCCN1CCCOc1ccc(-c2c3c(nc4ccnn24)CCC3)cc1Cl. The van der Waals surface area contributed by atoms with Crippen LogP contribution in [-0.2, 0) is 12.8 Å². The molecule has 2 aliphatic rings. The van der Waals surface area contributed by atoms with Gasteiger partial charge in [-0.25, -0.2) is 9.50 Å². The topological polar surface area (TPSA) is 42.7 Å². The summed E-state index contributed by atoms with van der Waals surface area (Å²) in [6.45, 7) is 5.32. The first kappa shape index (κ1) is 18.9. The van der Waals surface area contributed by atoms with Crippen molar-refractivity contribution in [1.82, 2.24) is 19.5 Å². The molecule has 1 unspecified atom stereocenters. The van der Waals surface area contributed by atoms with Gasteiger partial charge in [0.25, 0.3) is 0 Å². The fraction of sp³-hybridized carbons (Fsp3) is 0.478. The number of fused-ring (bicyclic) bond motifs is 2. The van der Waals surface area contributed by atoms with Crippen LogP contribution in [0.5, 0.6) is 5.75 Å².